The molecule has 2 rings (SSSR count). The summed E-state index contributed by atoms with van der Waals surface area (Å²) >= 11 is 7.01. The van der Waals surface area contributed by atoms with Gasteiger partial charge >= 0.3 is 5.97 Å². The van der Waals surface area contributed by atoms with Crippen LogP contribution in [0.2, 0.25) is 5.02 Å². The maximum atomic E-state index is 13.7. The number of carboxylic acids is 1. The fourth-order valence-electron chi connectivity index (χ4n) is 1.74. The molecule has 0 aliphatic rings. The molecule has 0 aliphatic heterocycles. The number of benzene rings is 1. The molecule has 1 aromatic heterocycles. The standard InChI is InChI=1S/C13H11ClFNO2S/c1-2-10-12(13(17)18)19-11(16-10)6-7-8(14)4-3-5-9(7)15/h3-5H,2,6H2,1H3,(H,17,18). The van der Waals surface area contributed by atoms with Crippen molar-refractivity contribution in [3.8, 4) is 0 Å². The maximum Gasteiger partial charge on any atom is 0.347 e. The molecule has 0 saturated carbocycles. The molecular weight excluding hydrogens is 289 g/mol. The Kier molecular flexibility index (Phi) is 4.17. The third kappa shape index (κ3) is 2.93. The molecular formula is C13H11ClFNO2S. The first-order chi connectivity index (χ1) is 9.02. The molecule has 0 saturated heterocycles. The Hall–Kier alpha value is -1.46. The van der Waals surface area contributed by atoms with Gasteiger partial charge < -0.3 is 5.11 Å². The van der Waals surface area contributed by atoms with Gasteiger partial charge in [-0.25, -0.2) is 14.2 Å². The van der Waals surface area contributed by atoms with Crippen LogP contribution >= 0.6 is 22.9 Å². The Bertz CT molecular complexity index is 607. The predicted octanol–water partition coefficient (Wildman–Crippen LogP) is 3.79. The average molecular weight is 300 g/mol. The van der Waals surface area contributed by atoms with Crippen molar-refractivity contribution in [2.45, 2.75) is 19.8 Å². The van der Waals surface area contributed by atoms with Crippen LogP contribution in [0.1, 0.15) is 32.9 Å². The van der Waals surface area contributed by atoms with Gasteiger partial charge in [0.2, 0.25) is 0 Å². The maximum absolute atomic E-state index is 13.7. The summed E-state index contributed by atoms with van der Waals surface area (Å²) in [4.78, 5) is 15.5. The first-order valence-corrected chi connectivity index (χ1v) is 6.87. The van der Waals surface area contributed by atoms with Gasteiger partial charge in [0.05, 0.1) is 10.7 Å². The van der Waals surface area contributed by atoms with E-state index in [1.54, 1.807) is 6.07 Å². The van der Waals surface area contributed by atoms with E-state index >= 15 is 0 Å². The van der Waals surface area contributed by atoms with E-state index in [0.717, 1.165) is 11.3 Å². The fraction of sp³-hybridized carbons (Fsp3) is 0.231. The second-order valence-electron chi connectivity index (χ2n) is 3.92. The number of carboxylic acid groups (broad SMARTS) is 1. The minimum absolute atomic E-state index is 0.205. The van der Waals surface area contributed by atoms with Gasteiger partial charge in [0.25, 0.3) is 0 Å². The van der Waals surface area contributed by atoms with Crippen LogP contribution in [0.4, 0.5) is 4.39 Å². The highest BCUT2D eigenvalue weighted by molar-refractivity contribution is 7.13. The Morgan fingerprint density at radius 3 is 2.79 bits per heavy atom. The molecule has 0 atom stereocenters. The lowest BCUT2D eigenvalue weighted by Crippen LogP contribution is -1.97. The van der Waals surface area contributed by atoms with Crippen LogP contribution in [0.15, 0.2) is 18.2 Å². The monoisotopic (exact) mass is 299 g/mol. The summed E-state index contributed by atoms with van der Waals surface area (Å²) in [7, 11) is 0. The molecule has 0 amide bonds. The van der Waals surface area contributed by atoms with Crippen LogP contribution in [0.25, 0.3) is 0 Å². The lowest BCUT2D eigenvalue weighted by atomic mass is 10.1. The molecule has 1 N–H and O–H groups in total. The number of aromatic carboxylic acids is 1. The summed E-state index contributed by atoms with van der Waals surface area (Å²) in [5.74, 6) is -1.40. The SMILES string of the molecule is CCc1nc(Cc2c(F)cccc2Cl)sc1C(=O)O. The second kappa shape index (κ2) is 5.67. The molecule has 0 aliphatic carbocycles. The van der Waals surface area contributed by atoms with Crippen LogP contribution in [-0.2, 0) is 12.8 Å². The van der Waals surface area contributed by atoms with E-state index < -0.39 is 11.8 Å². The number of aryl methyl sites for hydroxylation is 1. The molecule has 0 fully saturated rings. The molecule has 0 unspecified atom stereocenters. The lowest BCUT2D eigenvalue weighted by molar-refractivity contribution is 0.0701. The largest absolute Gasteiger partial charge is 0.477 e. The van der Waals surface area contributed by atoms with Crippen molar-refractivity contribution >= 4 is 28.9 Å². The normalized spacial score (nSPS) is 10.7. The van der Waals surface area contributed by atoms with Crippen LogP contribution in [0.3, 0.4) is 0 Å². The number of aromatic nitrogens is 1. The number of carbonyl (C=O) groups is 1. The topological polar surface area (TPSA) is 50.2 Å². The Labute approximate surface area is 118 Å². The van der Waals surface area contributed by atoms with Gasteiger partial charge in [-0.15, -0.1) is 11.3 Å². The van der Waals surface area contributed by atoms with E-state index in [2.05, 4.69) is 4.98 Å². The van der Waals surface area contributed by atoms with Crippen LogP contribution in [0, 0.1) is 5.82 Å². The molecule has 0 spiro atoms. The Morgan fingerprint density at radius 1 is 1.53 bits per heavy atom. The average Bonchev–Trinajstić information content (AvgIpc) is 2.77. The molecule has 0 bridgehead atoms. The van der Waals surface area contributed by atoms with E-state index in [9.17, 15) is 9.18 Å². The van der Waals surface area contributed by atoms with E-state index in [1.807, 2.05) is 6.92 Å². The summed E-state index contributed by atoms with van der Waals surface area (Å²) in [6.07, 6.45) is 0.736. The summed E-state index contributed by atoms with van der Waals surface area (Å²) in [5, 5.41) is 9.94. The molecule has 100 valence electrons. The molecule has 1 heterocycles. The molecule has 6 heteroatoms. The number of hydrogen-bond acceptors (Lipinski definition) is 3. The van der Waals surface area contributed by atoms with E-state index in [0.29, 0.717) is 27.7 Å². The first kappa shape index (κ1) is 14.0. The zero-order valence-electron chi connectivity index (χ0n) is 10.1. The van der Waals surface area contributed by atoms with Gasteiger partial charge in [-0.1, -0.05) is 24.6 Å². The van der Waals surface area contributed by atoms with Crippen molar-refractivity contribution in [3.63, 3.8) is 0 Å². The van der Waals surface area contributed by atoms with Gasteiger partial charge in [-0.2, -0.15) is 0 Å². The zero-order valence-corrected chi connectivity index (χ0v) is 11.7. The van der Waals surface area contributed by atoms with Crippen molar-refractivity contribution in [3.05, 3.63) is 50.2 Å². The Balaban J connectivity index is 2.36. The van der Waals surface area contributed by atoms with Crippen molar-refractivity contribution in [1.82, 2.24) is 4.98 Å². The molecule has 2 aromatic rings. The van der Waals surface area contributed by atoms with Gasteiger partial charge in [0.1, 0.15) is 10.7 Å². The number of rotatable bonds is 4. The number of nitrogens with zero attached hydrogens (tertiary/aromatic N) is 1. The van der Waals surface area contributed by atoms with Gasteiger partial charge in [0, 0.05) is 17.0 Å². The second-order valence-corrected chi connectivity index (χ2v) is 5.41. The fourth-order valence-corrected chi connectivity index (χ4v) is 2.97. The van der Waals surface area contributed by atoms with Crippen LogP contribution in [0.5, 0.6) is 0 Å². The first-order valence-electron chi connectivity index (χ1n) is 5.67. The highest BCUT2D eigenvalue weighted by atomic mass is 35.5. The smallest absolute Gasteiger partial charge is 0.347 e. The van der Waals surface area contributed by atoms with Crippen molar-refractivity contribution in [1.29, 1.82) is 0 Å². The van der Waals surface area contributed by atoms with Crippen molar-refractivity contribution in [2.24, 2.45) is 0 Å². The quantitative estimate of drug-likeness (QED) is 0.934. The highest BCUT2D eigenvalue weighted by Crippen LogP contribution is 2.26. The third-order valence-electron chi connectivity index (χ3n) is 2.66. The number of halogens is 2. The molecule has 0 radical (unpaired) electrons. The summed E-state index contributed by atoms with van der Waals surface area (Å²) in [6.45, 7) is 1.83. The van der Waals surface area contributed by atoms with E-state index in [-0.39, 0.29) is 11.3 Å². The number of hydrogen-bond donors (Lipinski definition) is 1. The minimum Gasteiger partial charge on any atom is -0.477 e. The van der Waals surface area contributed by atoms with Crippen LogP contribution < -0.4 is 0 Å². The molecule has 19 heavy (non-hydrogen) atoms. The molecule has 1 aromatic carbocycles. The van der Waals surface area contributed by atoms with Gasteiger partial charge in [-0.05, 0) is 18.6 Å². The zero-order chi connectivity index (χ0) is 14.0. The Morgan fingerprint density at radius 2 is 2.26 bits per heavy atom. The van der Waals surface area contributed by atoms with Gasteiger partial charge in [0.15, 0.2) is 0 Å². The summed E-state index contributed by atoms with van der Waals surface area (Å²) in [5.41, 5.74) is 0.873. The van der Waals surface area contributed by atoms with Crippen LogP contribution in [-0.4, -0.2) is 16.1 Å². The van der Waals surface area contributed by atoms with E-state index in [1.165, 1.54) is 12.1 Å². The number of thiazole rings is 1. The minimum atomic E-state index is -1.000. The lowest BCUT2D eigenvalue weighted by Gasteiger charge is -2.02. The highest BCUT2D eigenvalue weighted by Gasteiger charge is 2.17. The van der Waals surface area contributed by atoms with E-state index in [4.69, 9.17) is 16.7 Å². The summed E-state index contributed by atoms with van der Waals surface area (Å²) in [6, 6.07) is 4.46. The molecule has 3 nitrogen and oxygen atoms in total. The summed E-state index contributed by atoms with van der Waals surface area (Å²) < 4.78 is 13.7. The van der Waals surface area contributed by atoms with Crippen molar-refractivity contribution < 1.29 is 14.3 Å². The predicted molar refractivity (Wildman–Crippen MR) is 72.7 cm³/mol. The van der Waals surface area contributed by atoms with Crippen molar-refractivity contribution in [2.75, 3.05) is 0 Å². The third-order valence-corrected chi connectivity index (χ3v) is 4.10. The van der Waals surface area contributed by atoms with Gasteiger partial charge in [-0.3, -0.25) is 0 Å².